The summed E-state index contributed by atoms with van der Waals surface area (Å²) in [4.78, 5) is 9.14. The second kappa shape index (κ2) is 11.6. The monoisotopic (exact) mass is 172 g/mol. The Morgan fingerprint density at radius 1 is 2.00 bits per heavy atom. The molecular formula is C5H8CaO2S. The zero-order valence-corrected chi connectivity index (χ0v) is 8.45. The van der Waals surface area contributed by atoms with Crippen LogP contribution >= 0.6 is 11.8 Å². The van der Waals surface area contributed by atoms with E-state index >= 15 is 0 Å². The van der Waals surface area contributed by atoms with Gasteiger partial charge in [-0.2, -0.15) is 0 Å². The van der Waals surface area contributed by atoms with E-state index in [1.165, 1.54) is 37.6 Å². The molecule has 0 unspecified atom stereocenters. The number of thioether (sulfide) groups is 1. The number of rotatable bonds is 2. The van der Waals surface area contributed by atoms with E-state index in [2.05, 4.69) is 12.8 Å². The van der Waals surface area contributed by atoms with Crippen LogP contribution in [0.15, 0.2) is 12.7 Å². The molecular weight excluding hydrogens is 164 g/mol. The van der Waals surface area contributed by atoms with Crippen molar-refractivity contribution < 1.29 is 9.90 Å². The fourth-order valence-corrected chi connectivity index (χ4v) is 0. The van der Waals surface area contributed by atoms with Gasteiger partial charge in [0.1, 0.15) is 0 Å². The Balaban J connectivity index is 0. The van der Waals surface area contributed by atoms with E-state index in [4.69, 9.17) is 9.90 Å². The van der Waals surface area contributed by atoms with Crippen LogP contribution in [-0.2, 0) is 4.79 Å². The van der Waals surface area contributed by atoms with Crippen LogP contribution in [0.25, 0.3) is 0 Å². The van der Waals surface area contributed by atoms with Crippen LogP contribution in [0.2, 0.25) is 0 Å². The van der Waals surface area contributed by atoms with E-state index in [0.29, 0.717) is 0 Å². The van der Waals surface area contributed by atoms with E-state index in [0.717, 1.165) is 6.08 Å². The zero-order chi connectivity index (χ0) is 7.70. The number of carbonyl (C=O) groups excluding carboxylic acids is 1. The van der Waals surface area contributed by atoms with Crippen LogP contribution in [0.1, 0.15) is 0 Å². The normalized spacial score (nSPS) is 7.00. The van der Waals surface area contributed by atoms with Crippen molar-refractivity contribution in [2.24, 2.45) is 0 Å². The van der Waals surface area contributed by atoms with Crippen molar-refractivity contribution in [3.05, 3.63) is 12.7 Å². The first-order valence-corrected chi connectivity index (χ1v) is 5.26. The summed E-state index contributed by atoms with van der Waals surface area (Å²) in [6, 6.07) is 0. The molecule has 0 saturated heterocycles. The summed E-state index contributed by atoms with van der Waals surface area (Å²) in [5.41, 5.74) is 0. The second-order valence-electron chi connectivity index (χ2n) is 1.02. The third-order valence-electron chi connectivity index (χ3n) is 0.371. The second-order valence-corrected chi connectivity index (χ2v) is 3.91. The first kappa shape index (κ1) is 12.5. The standard InChI is InChI=1S/C3H4O2.C2H5S.Ca/c1-2-3(4)5;1-3-2;/h2H,1H2,(H,4,5);1H2,2H3;/q;;+1/p-1. The molecule has 0 radical (unpaired) electrons. The van der Waals surface area contributed by atoms with Crippen molar-refractivity contribution in [2.45, 2.75) is 0 Å². The molecule has 2 nitrogen and oxygen atoms in total. The summed E-state index contributed by atoms with van der Waals surface area (Å²) in [6.07, 6.45) is 2.85. The summed E-state index contributed by atoms with van der Waals surface area (Å²) in [5.74, 6) is -1.23. The summed E-state index contributed by atoms with van der Waals surface area (Å²) >= 11 is 3.34. The van der Waals surface area contributed by atoms with Gasteiger partial charge in [-0.05, 0) is 6.08 Å². The van der Waals surface area contributed by atoms with Crippen molar-refractivity contribution in [3.63, 3.8) is 0 Å². The van der Waals surface area contributed by atoms with Gasteiger partial charge in [0.15, 0.2) is 0 Å². The minimum absolute atomic E-state index is 0.722. The number of carboxylic acid groups (broad SMARTS) is 1. The van der Waals surface area contributed by atoms with Crippen molar-refractivity contribution in [1.82, 2.24) is 0 Å². The van der Waals surface area contributed by atoms with Crippen molar-refractivity contribution in [1.29, 1.82) is 0 Å². The maximum absolute atomic E-state index is 9.14. The molecule has 0 aromatic heterocycles. The topological polar surface area (TPSA) is 40.1 Å². The van der Waals surface area contributed by atoms with Crippen molar-refractivity contribution in [3.8, 4) is 0 Å². The van der Waals surface area contributed by atoms with E-state index < -0.39 is 5.97 Å². The van der Waals surface area contributed by atoms with Gasteiger partial charge in [0.2, 0.25) is 0 Å². The summed E-state index contributed by atoms with van der Waals surface area (Å²) in [7, 11) is 0. The maximum atomic E-state index is 9.14. The molecule has 0 aliphatic carbocycles. The molecule has 4 heteroatoms. The molecule has 9 heavy (non-hydrogen) atoms. The van der Waals surface area contributed by atoms with Crippen LogP contribution in [0.3, 0.4) is 0 Å². The van der Waals surface area contributed by atoms with Gasteiger partial charge in [-0.25, -0.2) is 0 Å². The molecule has 0 bridgehead atoms. The van der Waals surface area contributed by atoms with E-state index in [-0.39, 0.29) is 0 Å². The van der Waals surface area contributed by atoms with E-state index in [1.807, 2.05) is 11.8 Å². The third-order valence-corrected chi connectivity index (χ3v) is 2.69. The molecule has 0 aromatic carbocycles. The summed E-state index contributed by atoms with van der Waals surface area (Å²) in [6.45, 7) is 2.90. The van der Waals surface area contributed by atoms with Crippen molar-refractivity contribution in [2.75, 3.05) is 8.11 Å². The Kier molecular flexibility index (Phi) is 16.1. The van der Waals surface area contributed by atoms with Crippen LogP contribution < -0.4 is 5.11 Å². The molecule has 0 fully saturated rings. The number of aliphatic carboxylic acids is 1. The Morgan fingerprint density at radius 3 is 2.22 bits per heavy atom. The predicted octanol–water partition coefficient (Wildman–Crippen LogP) is -0.602. The Labute approximate surface area is 83.4 Å². The van der Waals surface area contributed by atoms with Crippen LogP contribution in [-0.4, -0.2) is 49.9 Å². The predicted molar refractivity (Wildman–Crippen MR) is 39.3 cm³/mol. The summed E-state index contributed by atoms with van der Waals surface area (Å²) in [5, 5.41) is 9.14. The molecule has 0 heterocycles. The van der Waals surface area contributed by atoms with Crippen LogP contribution in [0.5, 0.6) is 0 Å². The molecule has 0 aromatic rings. The Hall–Kier alpha value is 0.820. The molecule has 0 amide bonds. The van der Waals surface area contributed by atoms with Gasteiger partial charge in [0.05, 0.1) is 5.97 Å². The van der Waals surface area contributed by atoms with Crippen LogP contribution in [0.4, 0.5) is 0 Å². The average molecular weight is 172 g/mol. The molecule has 0 spiro atoms. The fourth-order valence-electron chi connectivity index (χ4n) is 0. The molecule has 0 atom stereocenters. The first-order chi connectivity index (χ1) is 4.18. The molecule has 0 saturated carbocycles. The van der Waals surface area contributed by atoms with Crippen LogP contribution in [0, 0.1) is 0 Å². The quantitative estimate of drug-likeness (QED) is 0.412. The molecule has 0 aliphatic heterocycles. The Bertz CT molecular complexity index is 83.0. The first-order valence-electron chi connectivity index (χ1n) is 2.30. The number of hydrogen-bond donors (Lipinski definition) is 0. The van der Waals surface area contributed by atoms with Gasteiger partial charge in [-0.15, -0.1) is 0 Å². The van der Waals surface area contributed by atoms with Gasteiger partial charge in [-0.1, -0.05) is 6.58 Å². The van der Waals surface area contributed by atoms with Crippen molar-refractivity contribution >= 4 is 53.5 Å². The van der Waals surface area contributed by atoms with Gasteiger partial charge >= 0.3 is 55.7 Å². The van der Waals surface area contributed by atoms with E-state index in [9.17, 15) is 0 Å². The number of carbonyl (C=O) groups is 1. The van der Waals surface area contributed by atoms with Gasteiger partial charge in [0.25, 0.3) is 0 Å². The van der Waals surface area contributed by atoms with Gasteiger partial charge < -0.3 is 9.90 Å². The third kappa shape index (κ3) is 28.1. The average Bonchev–Trinajstić information content (AvgIpc) is 1.89. The van der Waals surface area contributed by atoms with E-state index in [1.54, 1.807) is 0 Å². The molecule has 0 N–H and O–H groups in total. The minimum atomic E-state index is -1.23. The zero-order valence-electron chi connectivity index (χ0n) is 5.42. The Morgan fingerprint density at radius 2 is 2.22 bits per heavy atom. The molecule has 48 valence electrons. The number of carboxylic acids is 1. The number of hydrogen-bond acceptors (Lipinski definition) is 3. The van der Waals surface area contributed by atoms with Gasteiger partial charge in [0, 0.05) is 0 Å². The van der Waals surface area contributed by atoms with Gasteiger partial charge in [-0.3, -0.25) is 0 Å². The fraction of sp³-hybridized carbons (Fsp3) is 0.400. The SMILES string of the molecule is C=CC(=O)[O-].CS[CH2][Ca+]. The summed E-state index contributed by atoms with van der Waals surface area (Å²) < 4.78 is 1.36. The molecule has 0 rings (SSSR count). The molecule has 0 aliphatic rings.